The Kier molecular flexibility index (Phi) is 13.3. The van der Waals surface area contributed by atoms with Crippen LogP contribution in [0.5, 0.6) is 0 Å². The van der Waals surface area contributed by atoms with Crippen LogP contribution in [-0.4, -0.2) is 38.2 Å². The molecule has 0 rings (SSSR count). The molecule has 1 unspecified atom stereocenters. The van der Waals surface area contributed by atoms with E-state index in [4.69, 9.17) is 4.43 Å². The summed E-state index contributed by atoms with van der Waals surface area (Å²) >= 11 is 0. The topological polar surface area (TPSA) is 9.23 Å². The van der Waals surface area contributed by atoms with E-state index >= 15 is 0 Å². The van der Waals surface area contributed by atoms with Gasteiger partial charge in [0, 0.05) is 6.10 Å². The van der Waals surface area contributed by atoms with Gasteiger partial charge >= 0.3 is 23.1 Å². The fourth-order valence-corrected chi connectivity index (χ4v) is 1.99. The Balaban J connectivity index is -0.000000500. The van der Waals surface area contributed by atoms with Gasteiger partial charge in [-0.15, -0.1) is 0 Å². The summed E-state index contributed by atoms with van der Waals surface area (Å²) in [4.78, 5) is 0. The molecule has 0 N–H and O–H groups in total. The largest absolute Gasteiger partial charge is 2.00 e. The smallest absolute Gasteiger partial charge is 1.00 e. The van der Waals surface area contributed by atoms with Gasteiger partial charge in [-0.1, -0.05) is 20.8 Å². The SMILES string of the molecule is [Br-].[CH2-]CC(O[Si](C)C)C(C)(C)C.[Mg+2]. The van der Waals surface area contributed by atoms with Crippen LogP contribution < -0.4 is 17.0 Å². The molecule has 0 aromatic carbocycles. The van der Waals surface area contributed by atoms with Gasteiger partial charge in [0.15, 0.2) is 0 Å². The monoisotopic (exact) mass is 275 g/mol. The third-order valence-electron chi connectivity index (χ3n) is 1.61. The summed E-state index contributed by atoms with van der Waals surface area (Å²) in [6.07, 6.45) is 1.20. The Morgan fingerprint density at radius 3 is 1.77 bits per heavy atom. The molecule has 0 saturated carbocycles. The van der Waals surface area contributed by atoms with E-state index in [0.717, 1.165) is 6.42 Å². The van der Waals surface area contributed by atoms with E-state index in [1.54, 1.807) is 0 Å². The third kappa shape index (κ3) is 9.72. The van der Waals surface area contributed by atoms with Gasteiger partial charge in [-0.05, 0) is 18.5 Å². The molecule has 0 fully saturated rings. The molecule has 0 aromatic rings. The summed E-state index contributed by atoms with van der Waals surface area (Å²) in [5, 5.41) is 0. The van der Waals surface area contributed by atoms with Gasteiger partial charge in [-0.25, -0.2) is 0 Å². The first kappa shape index (κ1) is 19.9. The second kappa shape index (κ2) is 8.71. The average molecular weight is 277 g/mol. The van der Waals surface area contributed by atoms with Crippen LogP contribution >= 0.6 is 0 Å². The van der Waals surface area contributed by atoms with E-state index < -0.39 is 9.04 Å². The van der Waals surface area contributed by atoms with Crippen molar-refractivity contribution in [2.24, 2.45) is 5.41 Å². The fourth-order valence-electron chi connectivity index (χ4n) is 0.953. The molecule has 1 radical (unpaired) electrons. The molecule has 4 heteroatoms. The number of halogens is 1. The Labute approximate surface area is 112 Å². The Morgan fingerprint density at radius 1 is 1.31 bits per heavy atom. The van der Waals surface area contributed by atoms with E-state index in [9.17, 15) is 0 Å². The Hall–Kier alpha value is 1.42. The van der Waals surface area contributed by atoms with Gasteiger partial charge in [0.2, 0.25) is 9.04 Å². The molecule has 0 amide bonds. The van der Waals surface area contributed by atoms with Gasteiger partial charge in [0.05, 0.1) is 0 Å². The predicted octanol–water partition coefficient (Wildman–Crippen LogP) is -0.484. The standard InChI is InChI=1S/C9H20OSi.BrH.Mg/c1-7-8(9(2,3)4)10-11(5)6;;/h8H,1,7H2,2-6H3;1H;/q-1;;+2/p-1. The average Bonchev–Trinajstić information content (AvgIpc) is 1.79. The molecule has 1 nitrogen and oxygen atoms in total. The maximum Gasteiger partial charge on any atom is 2.00 e. The van der Waals surface area contributed by atoms with E-state index in [2.05, 4.69) is 40.8 Å². The zero-order valence-corrected chi connectivity index (χ0v) is 13.5. The fraction of sp³-hybridized carbons (Fsp3) is 0.889. The minimum absolute atomic E-state index is 0. The number of hydrogen-bond acceptors (Lipinski definition) is 1. The van der Waals surface area contributed by atoms with E-state index in [1.165, 1.54) is 0 Å². The van der Waals surface area contributed by atoms with Crippen LogP contribution in [0.1, 0.15) is 27.2 Å². The summed E-state index contributed by atoms with van der Waals surface area (Å²) in [7, 11) is -0.568. The van der Waals surface area contributed by atoms with E-state index in [0.29, 0.717) is 6.10 Å². The first-order chi connectivity index (χ1) is 4.88. The molecule has 0 spiro atoms. The molecule has 75 valence electrons. The van der Waals surface area contributed by atoms with Crippen molar-refractivity contribution in [2.45, 2.75) is 46.4 Å². The van der Waals surface area contributed by atoms with Crippen molar-refractivity contribution in [3.63, 3.8) is 0 Å². The zero-order chi connectivity index (χ0) is 9.07. The summed E-state index contributed by atoms with van der Waals surface area (Å²) in [6.45, 7) is 14.8. The molecule has 0 aliphatic rings. The second-order valence-electron chi connectivity index (χ2n) is 4.17. The molecule has 0 aliphatic carbocycles. The van der Waals surface area contributed by atoms with Crippen LogP contribution in [0.4, 0.5) is 0 Å². The first-order valence-corrected chi connectivity index (χ1v) is 6.54. The van der Waals surface area contributed by atoms with Crippen LogP contribution in [0.3, 0.4) is 0 Å². The van der Waals surface area contributed by atoms with Crippen molar-refractivity contribution in [3.05, 3.63) is 6.92 Å². The number of hydrogen-bond donors (Lipinski definition) is 0. The molecule has 1 atom stereocenters. The van der Waals surface area contributed by atoms with Gasteiger partial charge in [0.1, 0.15) is 0 Å². The van der Waals surface area contributed by atoms with Crippen molar-refractivity contribution >= 4 is 32.1 Å². The Morgan fingerprint density at radius 2 is 1.69 bits per heavy atom. The van der Waals surface area contributed by atoms with Crippen LogP contribution in [0.15, 0.2) is 0 Å². The van der Waals surface area contributed by atoms with Crippen molar-refractivity contribution in [3.8, 4) is 0 Å². The van der Waals surface area contributed by atoms with Crippen LogP contribution in [0.25, 0.3) is 0 Å². The quantitative estimate of drug-likeness (QED) is 0.500. The van der Waals surface area contributed by atoms with Gasteiger partial charge in [-0.2, -0.15) is 6.42 Å². The second-order valence-corrected chi connectivity index (χ2v) is 6.22. The molecule has 13 heavy (non-hydrogen) atoms. The zero-order valence-electron chi connectivity index (χ0n) is 9.48. The minimum Gasteiger partial charge on any atom is -1.00 e. The normalized spacial score (nSPS) is 13.2. The number of rotatable bonds is 3. The maximum atomic E-state index is 5.80. The first-order valence-electron chi connectivity index (χ1n) is 4.14. The molecule has 0 heterocycles. The van der Waals surface area contributed by atoms with Crippen LogP contribution in [-0.2, 0) is 4.43 Å². The molecule has 0 aromatic heterocycles. The third-order valence-corrected chi connectivity index (χ3v) is 2.36. The van der Waals surface area contributed by atoms with Crippen molar-refractivity contribution in [1.82, 2.24) is 0 Å². The van der Waals surface area contributed by atoms with E-state index in [-0.39, 0.29) is 45.4 Å². The van der Waals surface area contributed by atoms with Crippen molar-refractivity contribution in [2.75, 3.05) is 0 Å². The summed E-state index contributed by atoms with van der Waals surface area (Å²) in [6, 6.07) is 0. The van der Waals surface area contributed by atoms with Gasteiger partial charge in [-0.3, -0.25) is 0 Å². The summed E-state index contributed by atoms with van der Waals surface area (Å²) < 4.78 is 5.80. The van der Waals surface area contributed by atoms with Crippen molar-refractivity contribution < 1.29 is 21.4 Å². The molecule has 0 saturated heterocycles. The minimum atomic E-state index is -0.568. The van der Waals surface area contributed by atoms with Gasteiger partial charge < -0.3 is 28.3 Å². The maximum absolute atomic E-state index is 5.80. The molecule has 0 aliphatic heterocycles. The predicted molar refractivity (Wildman–Crippen MR) is 57.5 cm³/mol. The summed E-state index contributed by atoms with van der Waals surface area (Å²) in [5.41, 5.74) is 0.240. The van der Waals surface area contributed by atoms with Crippen LogP contribution in [0.2, 0.25) is 13.1 Å². The molecular formula is C9H20BrMgOSi. The Bertz CT molecular complexity index is 115. The van der Waals surface area contributed by atoms with Crippen molar-refractivity contribution in [1.29, 1.82) is 0 Å². The van der Waals surface area contributed by atoms with Crippen LogP contribution in [0, 0.1) is 12.3 Å². The van der Waals surface area contributed by atoms with Gasteiger partial charge in [0.25, 0.3) is 0 Å². The van der Waals surface area contributed by atoms with E-state index in [1.807, 2.05) is 0 Å². The molecular weight excluding hydrogens is 256 g/mol. The molecule has 0 bridgehead atoms. The summed E-state index contributed by atoms with van der Waals surface area (Å²) in [5.74, 6) is 0.